The summed E-state index contributed by atoms with van der Waals surface area (Å²) in [5, 5.41) is 6.08. The number of hydrogen-bond donors (Lipinski definition) is 1. The Bertz CT molecular complexity index is 1160. The third-order valence-electron chi connectivity index (χ3n) is 3.83. The highest BCUT2D eigenvalue weighted by Gasteiger charge is 2.13. The largest absolute Gasteiger partial charge is 0.488 e. The zero-order valence-electron chi connectivity index (χ0n) is 14.8. The van der Waals surface area contributed by atoms with Crippen LogP contribution in [0.2, 0.25) is 0 Å². The SMILES string of the molecule is C=CCOc1ccc(COc2cccc3oc(-c4cn[nH]c(=O)c4)nc23)nc1. The highest BCUT2D eigenvalue weighted by Crippen LogP contribution is 2.29. The van der Waals surface area contributed by atoms with Crippen molar-refractivity contribution in [3.63, 3.8) is 0 Å². The van der Waals surface area contributed by atoms with Gasteiger partial charge >= 0.3 is 0 Å². The standard InChI is InChI=1S/C20H16N4O4/c1-2-8-26-15-7-6-14(21-11-15)12-27-16-4-3-5-17-19(16)23-20(28-17)13-9-18(25)24-22-10-13/h2-7,9-11H,1,8,12H2,(H,24,25). The number of aromatic amines is 1. The summed E-state index contributed by atoms with van der Waals surface area (Å²) in [4.78, 5) is 20.2. The fourth-order valence-electron chi connectivity index (χ4n) is 2.54. The Morgan fingerprint density at radius 3 is 2.89 bits per heavy atom. The van der Waals surface area contributed by atoms with E-state index in [0.29, 0.717) is 40.7 Å². The average Bonchev–Trinajstić information content (AvgIpc) is 3.16. The van der Waals surface area contributed by atoms with Gasteiger partial charge in [0.15, 0.2) is 11.1 Å². The van der Waals surface area contributed by atoms with Crippen molar-refractivity contribution >= 4 is 11.1 Å². The normalized spacial score (nSPS) is 10.7. The molecule has 0 aliphatic carbocycles. The molecule has 0 unspecified atom stereocenters. The summed E-state index contributed by atoms with van der Waals surface area (Å²) >= 11 is 0. The summed E-state index contributed by atoms with van der Waals surface area (Å²) in [6, 6.07) is 10.4. The van der Waals surface area contributed by atoms with Gasteiger partial charge in [0.1, 0.15) is 24.7 Å². The highest BCUT2D eigenvalue weighted by atomic mass is 16.5. The fraction of sp³-hybridized carbons (Fsp3) is 0.100. The summed E-state index contributed by atoms with van der Waals surface area (Å²) in [6.45, 7) is 4.29. The van der Waals surface area contributed by atoms with E-state index >= 15 is 0 Å². The van der Waals surface area contributed by atoms with Gasteiger partial charge in [-0.3, -0.25) is 9.78 Å². The van der Waals surface area contributed by atoms with E-state index in [2.05, 4.69) is 26.7 Å². The Morgan fingerprint density at radius 2 is 2.11 bits per heavy atom. The number of benzene rings is 1. The molecule has 1 N–H and O–H groups in total. The smallest absolute Gasteiger partial charge is 0.264 e. The maximum absolute atomic E-state index is 11.5. The first-order chi connectivity index (χ1) is 13.7. The molecule has 0 saturated heterocycles. The number of ether oxygens (including phenoxy) is 2. The Balaban J connectivity index is 1.54. The minimum atomic E-state index is -0.331. The van der Waals surface area contributed by atoms with E-state index in [0.717, 1.165) is 5.69 Å². The van der Waals surface area contributed by atoms with Crippen molar-refractivity contribution in [1.82, 2.24) is 20.2 Å². The number of hydrogen-bond acceptors (Lipinski definition) is 7. The number of aromatic nitrogens is 4. The van der Waals surface area contributed by atoms with Crippen LogP contribution in [0.5, 0.6) is 11.5 Å². The van der Waals surface area contributed by atoms with Crippen molar-refractivity contribution in [3.05, 3.63) is 77.5 Å². The van der Waals surface area contributed by atoms with E-state index in [4.69, 9.17) is 13.9 Å². The van der Waals surface area contributed by atoms with Gasteiger partial charge in [0.2, 0.25) is 5.89 Å². The van der Waals surface area contributed by atoms with Crippen molar-refractivity contribution < 1.29 is 13.9 Å². The third-order valence-corrected chi connectivity index (χ3v) is 3.83. The molecule has 0 aliphatic rings. The van der Waals surface area contributed by atoms with Gasteiger partial charge in [0.25, 0.3) is 5.56 Å². The maximum atomic E-state index is 11.5. The lowest BCUT2D eigenvalue weighted by Crippen LogP contribution is -2.05. The molecule has 8 nitrogen and oxygen atoms in total. The van der Waals surface area contributed by atoms with Gasteiger partial charge in [-0.15, -0.1) is 0 Å². The monoisotopic (exact) mass is 376 g/mol. The fourth-order valence-corrected chi connectivity index (χ4v) is 2.54. The molecule has 0 amide bonds. The highest BCUT2D eigenvalue weighted by molar-refractivity contribution is 5.82. The Labute approximate surface area is 159 Å². The minimum absolute atomic E-state index is 0.260. The third kappa shape index (κ3) is 3.75. The van der Waals surface area contributed by atoms with Crippen molar-refractivity contribution in [2.45, 2.75) is 6.61 Å². The Morgan fingerprint density at radius 1 is 1.18 bits per heavy atom. The first-order valence-electron chi connectivity index (χ1n) is 8.49. The van der Waals surface area contributed by atoms with Gasteiger partial charge in [-0.1, -0.05) is 18.7 Å². The van der Waals surface area contributed by atoms with Crippen LogP contribution in [-0.4, -0.2) is 26.8 Å². The number of para-hydroxylation sites is 1. The predicted molar refractivity (Wildman–Crippen MR) is 102 cm³/mol. The van der Waals surface area contributed by atoms with Gasteiger partial charge in [-0.2, -0.15) is 5.10 Å². The van der Waals surface area contributed by atoms with Crippen LogP contribution in [0, 0.1) is 0 Å². The minimum Gasteiger partial charge on any atom is -0.488 e. The van der Waals surface area contributed by atoms with Gasteiger partial charge in [0.05, 0.1) is 23.7 Å². The van der Waals surface area contributed by atoms with Crippen LogP contribution in [0.3, 0.4) is 0 Å². The average molecular weight is 376 g/mol. The van der Waals surface area contributed by atoms with Crippen LogP contribution in [-0.2, 0) is 6.61 Å². The summed E-state index contributed by atoms with van der Waals surface area (Å²) in [6.07, 6.45) is 4.79. The van der Waals surface area contributed by atoms with Gasteiger partial charge in [-0.25, -0.2) is 10.1 Å². The Kier molecular flexibility index (Phi) is 4.83. The number of nitrogens with zero attached hydrogens (tertiary/aromatic N) is 3. The quantitative estimate of drug-likeness (QED) is 0.494. The second-order valence-corrected chi connectivity index (χ2v) is 5.83. The summed E-state index contributed by atoms with van der Waals surface area (Å²) in [5.74, 6) is 1.52. The lowest BCUT2D eigenvalue weighted by molar-refractivity contribution is 0.303. The molecule has 8 heteroatoms. The number of rotatable bonds is 7. The van der Waals surface area contributed by atoms with Crippen LogP contribution in [0.4, 0.5) is 0 Å². The second kappa shape index (κ2) is 7.75. The molecule has 28 heavy (non-hydrogen) atoms. The van der Waals surface area contributed by atoms with E-state index < -0.39 is 0 Å². The lowest BCUT2D eigenvalue weighted by atomic mass is 10.3. The van der Waals surface area contributed by atoms with Gasteiger partial charge in [0, 0.05) is 6.07 Å². The first-order valence-corrected chi connectivity index (χ1v) is 8.49. The molecule has 3 aromatic heterocycles. The number of oxazole rings is 1. The van der Waals surface area contributed by atoms with Gasteiger partial charge < -0.3 is 13.9 Å². The molecule has 3 heterocycles. The zero-order valence-corrected chi connectivity index (χ0v) is 14.8. The van der Waals surface area contributed by atoms with E-state index in [1.165, 1.54) is 12.3 Å². The maximum Gasteiger partial charge on any atom is 0.264 e. The van der Waals surface area contributed by atoms with E-state index in [1.54, 1.807) is 24.4 Å². The van der Waals surface area contributed by atoms with Crippen LogP contribution in [0.15, 0.2) is 70.7 Å². The molecule has 0 aliphatic heterocycles. The van der Waals surface area contributed by atoms with Crippen molar-refractivity contribution in [1.29, 1.82) is 0 Å². The molecule has 0 saturated carbocycles. The molecule has 0 fully saturated rings. The number of fused-ring (bicyclic) bond motifs is 1. The molecule has 0 radical (unpaired) electrons. The molecule has 1 aromatic carbocycles. The molecule has 4 rings (SSSR count). The first kappa shape index (κ1) is 17.5. The summed E-state index contributed by atoms with van der Waals surface area (Å²) < 4.78 is 17.0. The zero-order chi connectivity index (χ0) is 19.3. The van der Waals surface area contributed by atoms with Crippen LogP contribution in [0.25, 0.3) is 22.6 Å². The predicted octanol–water partition coefficient (Wildman–Crippen LogP) is 3.12. The molecule has 4 aromatic rings. The molecular weight excluding hydrogens is 360 g/mol. The molecule has 140 valence electrons. The van der Waals surface area contributed by atoms with Crippen LogP contribution >= 0.6 is 0 Å². The number of nitrogens with one attached hydrogen (secondary N) is 1. The summed E-state index contributed by atoms with van der Waals surface area (Å²) in [5.41, 5.74) is 2.01. The summed E-state index contributed by atoms with van der Waals surface area (Å²) in [7, 11) is 0. The second-order valence-electron chi connectivity index (χ2n) is 5.83. The number of pyridine rings is 1. The Hall–Kier alpha value is -3.94. The van der Waals surface area contributed by atoms with Crippen molar-refractivity contribution in [3.8, 4) is 23.0 Å². The lowest BCUT2D eigenvalue weighted by Gasteiger charge is -2.07. The van der Waals surface area contributed by atoms with E-state index in [9.17, 15) is 4.79 Å². The van der Waals surface area contributed by atoms with Crippen molar-refractivity contribution in [2.75, 3.05) is 6.61 Å². The topological polar surface area (TPSA) is 103 Å². The van der Waals surface area contributed by atoms with E-state index in [1.807, 2.05) is 18.2 Å². The molecular formula is C20H16N4O4. The molecule has 0 bridgehead atoms. The van der Waals surface area contributed by atoms with Crippen molar-refractivity contribution in [2.24, 2.45) is 0 Å². The van der Waals surface area contributed by atoms with E-state index in [-0.39, 0.29) is 12.2 Å². The molecule has 0 spiro atoms. The number of H-pyrrole nitrogens is 1. The van der Waals surface area contributed by atoms with Crippen LogP contribution < -0.4 is 15.0 Å². The molecule has 0 atom stereocenters. The van der Waals surface area contributed by atoms with Crippen LogP contribution in [0.1, 0.15) is 5.69 Å². The van der Waals surface area contributed by atoms with Gasteiger partial charge in [-0.05, 0) is 24.3 Å².